The molecule has 94 valence electrons. The Morgan fingerprint density at radius 3 is 3.12 bits per heavy atom. The fourth-order valence-corrected chi connectivity index (χ4v) is 2.40. The Morgan fingerprint density at radius 2 is 2.35 bits per heavy atom. The molecule has 2 atom stereocenters. The van der Waals surface area contributed by atoms with Gasteiger partial charge in [-0.15, -0.1) is 0 Å². The van der Waals surface area contributed by atoms with Gasteiger partial charge in [0, 0.05) is 25.0 Å². The summed E-state index contributed by atoms with van der Waals surface area (Å²) in [6, 6.07) is 2.68. The van der Waals surface area contributed by atoms with E-state index in [2.05, 4.69) is 30.2 Å². The number of nitrogens with one attached hydrogen (secondary N) is 1. The first-order valence-electron chi connectivity index (χ1n) is 6.57. The maximum atomic E-state index is 5.75. The van der Waals surface area contributed by atoms with Gasteiger partial charge in [0.15, 0.2) is 0 Å². The van der Waals surface area contributed by atoms with Crippen LogP contribution in [0.25, 0.3) is 0 Å². The third-order valence-corrected chi connectivity index (χ3v) is 3.22. The number of hydrogen-bond donors (Lipinski definition) is 1. The summed E-state index contributed by atoms with van der Waals surface area (Å²) >= 11 is 0. The minimum Gasteiger partial charge on any atom is -0.381 e. The van der Waals surface area contributed by atoms with Crippen LogP contribution in [0.3, 0.4) is 0 Å². The average molecular weight is 234 g/mol. The van der Waals surface area contributed by atoms with Gasteiger partial charge >= 0.3 is 0 Å². The highest BCUT2D eigenvalue weighted by atomic mass is 16.5. The number of aryl methyl sites for hydroxylation is 1. The molecule has 1 N–H and O–H groups in total. The number of ether oxygens (including phenoxy) is 1. The van der Waals surface area contributed by atoms with E-state index in [9.17, 15) is 0 Å². The highest BCUT2D eigenvalue weighted by Crippen LogP contribution is 2.21. The zero-order valence-electron chi connectivity index (χ0n) is 10.8. The lowest BCUT2D eigenvalue weighted by molar-refractivity contribution is 0.00597. The van der Waals surface area contributed by atoms with E-state index >= 15 is 0 Å². The van der Waals surface area contributed by atoms with Crippen LogP contribution in [-0.4, -0.2) is 23.7 Å². The van der Waals surface area contributed by atoms with Gasteiger partial charge in [-0.05, 0) is 37.8 Å². The summed E-state index contributed by atoms with van der Waals surface area (Å²) in [6.07, 6.45) is 8.79. The van der Waals surface area contributed by atoms with Gasteiger partial charge < -0.3 is 10.1 Å². The maximum Gasteiger partial charge on any atom is 0.0594 e. The second-order valence-corrected chi connectivity index (χ2v) is 4.90. The molecule has 3 nitrogen and oxygen atoms in total. The standard InChI is InChI=1S/C14H22N2O/c1-3-4-14-8-12(5-6-17-14)16-13-7-11(2)9-15-10-13/h7,9-10,12,14,16H,3-6,8H2,1-2H3. The van der Waals surface area contributed by atoms with Crippen LogP contribution >= 0.6 is 0 Å². The van der Waals surface area contributed by atoms with Gasteiger partial charge in [-0.3, -0.25) is 4.98 Å². The molecule has 0 aliphatic carbocycles. The fraction of sp³-hybridized carbons (Fsp3) is 0.643. The Hall–Kier alpha value is -1.09. The molecule has 1 aliphatic heterocycles. The molecule has 2 heterocycles. The first-order chi connectivity index (χ1) is 8.28. The Labute approximate surface area is 104 Å². The van der Waals surface area contributed by atoms with Gasteiger partial charge in [0.2, 0.25) is 0 Å². The normalized spacial score (nSPS) is 24.6. The van der Waals surface area contributed by atoms with E-state index in [4.69, 9.17) is 4.74 Å². The van der Waals surface area contributed by atoms with Crippen LogP contribution in [0.5, 0.6) is 0 Å². The van der Waals surface area contributed by atoms with Gasteiger partial charge in [0.1, 0.15) is 0 Å². The van der Waals surface area contributed by atoms with Crippen LogP contribution in [0.15, 0.2) is 18.5 Å². The maximum absolute atomic E-state index is 5.75. The van der Waals surface area contributed by atoms with E-state index in [-0.39, 0.29) is 0 Å². The third kappa shape index (κ3) is 3.70. The molecule has 0 aromatic carbocycles. The molecular weight excluding hydrogens is 212 g/mol. The van der Waals surface area contributed by atoms with Crippen LogP contribution in [0.4, 0.5) is 5.69 Å². The van der Waals surface area contributed by atoms with Gasteiger partial charge in [0.25, 0.3) is 0 Å². The van der Waals surface area contributed by atoms with Crippen molar-refractivity contribution < 1.29 is 4.74 Å². The van der Waals surface area contributed by atoms with Crippen molar-refractivity contribution in [1.82, 2.24) is 4.98 Å². The molecule has 1 aliphatic rings. The summed E-state index contributed by atoms with van der Waals surface area (Å²) in [5, 5.41) is 3.57. The second kappa shape index (κ2) is 6.01. The lowest BCUT2D eigenvalue weighted by Gasteiger charge is -2.30. The molecule has 0 bridgehead atoms. The quantitative estimate of drug-likeness (QED) is 0.869. The molecule has 17 heavy (non-hydrogen) atoms. The molecule has 1 saturated heterocycles. The number of hydrogen-bond acceptors (Lipinski definition) is 3. The summed E-state index contributed by atoms with van der Waals surface area (Å²) in [5.41, 5.74) is 2.33. The molecule has 0 saturated carbocycles. The van der Waals surface area contributed by atoms with Gasteiger partial charge in [-0.2, -0.15) is 0 Å². The Balaban J connectivity index is 1.90. The third-order valence-electron chi connectivity index (χ3n) is 3.22. The molecule has 0 radical (unpaired) electrons. The monoisotopic (exact) mass is 234 g/mol. The first-order valence-corrected chi connectivity index (χ1v) is 6.57. The van der Waals surface area contributed by atoms with Crippen LogP contribution in [0, 0.1) is 6.92 Å². The van der Waals surface area contributed by atoms with Crippen molar-refractivity contribution in [3.63, 3.8) is 0 Å². The number of aromatic nitrogens is 1. The molecule has 1 aromatic heterocycles. The zero-order valence-corrected chi connectivity index (χ0v) is 10.8. The predicted octanol–water partition coefficient (Wildman–Crippen LogP) is 3.15. The largest absolute Gasteiger partial charge is 0.381 e. The van der Waals surface area contributed by atoms with Crippen LogP contribution in [-0.2, 0) is 4.74 Å². The average Bonchev–Trinajstić information content (AvgIpc) is 2.30. The van der Waals surface area contributed by atoms with E-state index < -0.39 is 0 Å². The highest BCUT2D eigenvalue weighted by molar-refractivity contribution is 5.43. The Morgan fingerprint density at radius 1 is 1.47 bits per heavy atom. The molecular formula is C14H22N2O. The molecule has 3 heteroatoms. The minimum atomic E-state index is 0.434. The fourth-order valence-electron chi connectivity index (χ4n) is 2.40. The van der Waals surface area contributed by atoms with E-state index in [1.54, 1.807) is 0 Å². The molecule has 0 amide bonds. The molecule has 1 aromatic rings. The van der Waals surface area contributed by atoms with Crippen molar-refractivity contribution in [2.24, 2.45) is 0 Å². The summed E-state index contributed by atoms with van der Waals surface area (Å²) in [6.45, 7) is 5.16. The lowest BCUT2D eigenvalue weighted by Crippen LogP contribution is -2.34. The van der Waals surface area contributed by atoms with E-state index in [1.165, 1.54) is 18.4 Å². The topological polar surface area (TPSA) is 34.2 Å². The second-order valence-electron chi connectivity index (χ2n) is 4.90. The predicted molar refractivity (Wildman–Crippen MR) is 70.3 cm³/mol. The van der Waals surface area contributed by atoms with Crippen LogP contribution in [0.1, 0.15) is 38.2 Å². The van der Waals surface area contributed by atoms with Crippen molar-refractivity contribution in [2.45, 2.75) is 51.7 Å². The molecule has 2 rings (SSSR count). The van der Waals surface area contributed by atoms with Crippen LogP contribution < -0.4 is 5.32 Å². The Bertz CT molecular complexity index is 352. The SMILES string of the molecule is CCCC1CC(Nc2cncc(C)c2)CCO1. The van der Waals surface area contributed by atoms with Crippen molar-refractivity contribution >= 4 is 5.69 Å². The number of nitrogens with zero attached hydrogens (tertiary/aromatic N) is 1. The number of rotatable bonds is 4. The molecule has 1 fully saturated rings. The lowest BCUT2D eigenvalue weighted by atomic mass is 10.00. The summed E-state index contributed by atoms with van der Waals surface area (Å²) in [5.74, 6) is 0. The highest BCUT2D eigenvalue weighted by Gasteiger charge is 2.21. The summed E-state index contributed by atoms with van der Waals surface area (Å²) < 4.78 is 5.75. The number of anilines is 1. The molecule has 2 unspecified atom stereocenters. The minimum absolute atomic E-state index is 0.434. The number of pyridine rings is 1. The molecule has 0 spiro atoms. The smallest absolute Gasteiger partial charge is 0.0594 e. The van der Waals surface area contributed by atoms with Gasteiger partial charge in [-0.25, -0.2) is 0 Å². The Kier molecular flexibility index (Phi) is 4.37. The van der Waals surface area contributed by atoms with E-state index in [0.717, 1.165) is 25.1 Å². The van der Waals surface area contributed by atoms with Crippen molar-refractivity contribution in [3.05, 3.63) is 24.0 Å². The van der Waals surface area contributed by atoms with Crippen molar-refractivity contribution in [2.75, 3.05) is 11.9 Å². The van der Waals surface area contributed by atoms with Crippen molar-refractivity contribution in [1.29, 1.82) is 0 Å². The van der Waals surface area contributed by atoms with Gasteiger partial charge in [0.05, 0.1) is 11.8 Å². The van der Waals surface area contributed by atoms with E-state index in [1.807, 2.05) is 12.4 Å². The van der Waals surface area contributed by atoms with Gasteiger partial charge in [-0.1, -0.05) is 13.3 Å². The first kappa shape index (κ1) is 12.4. The summed E-state index contributed by atoms with van der Waals surface area (Å²) in [7, 11) is 0. The van der Waals surface area contributed by atoms with Crippen LogP contribution in [0.2, 0.25) is 0 Å². The summed E-state index contributed by atoms with van der Waals surface area (Å²) in [4.78, 5) is 4.21. The van der Waals surface area contributed by atoms with Crippen molar-refractivity contribution in [3.8, 4) is 0 Å². The van der Waals surface area contributed by atoms with E-state index in [0.29, 0.717) is 12.1 Å². The zero-order chi connectivity index (χ0) is 12.1.